The minimum atomic E-state index is -3.44. The van der Waals surface area contributed by atoms with Crippen molar-refractivity contribution in [3.05, 3.63) is 43.0 Å². The summed E-state index contributed by atoms with van der Waals surface area (Å²) in [6.45, 7) is 0. The van der Waals surface area contributed by atoms with Crippen LogP contribution in [0.1, 0.15) is 31.7 Å². The van der Waals surface area contributed by atoms with Crippen molar-refractivity contribution >= 4 is 10.0 Å². The van der Waals surface area contributed by atoms with Gasteiger partial charge in [0.2, 0.25) is 10.0 Å². The molecule has 1 aromatic carbocycles. The van der Waals surface area contributed by atoms with Crippen molar-refractivity contribution in [2.45, 2.75) is 42.7 Å². The fourth-order valence-corrected chi connectivity index (χ4v) is 4.13. The molecule has 112 valence electrons. The summed E-state index contributed by atoms with van der Waals surface area (Å²) < 4.78 is 29.5. The van der Waals surface area contributed by atoms with Gasteiger partial charge in [0.1, 0.15) is 12.7 Å². The SMILES string of the molecule is O=S(=O)(NC1CCCC(n2cnnc2)C1)c1ccccc1. The third-order valence-electron chi connectivity index (χ3n) is 3.88. The van der Waals surface area contributed by atoms with Gasteiger partial charge in [0.05, 0.1) is 4.90 Å². The highest BCUT2D eigenvalue weighted by atomic mass is 32.2. The van der Waals surface area contributed by atoms with Gasteiger partial charge in [0, 0.05) is 12.1 Å². The quantitative estimate of drug-likeness (QED) is 0.933. The maximum Gasteiger partial charge on any atom is 0.240 e. The van der Waals surface area contributed by atoms with Crippen molar-refractivity contribution in [1.29, 1.82) is 0 Å². The molecule has 2 aromatic rings. The van der Waals surface area contributed by atoms with E-state index in [1.165, 1.54) is 0 Å². The highest BCUT2D eigenvalue weighted by molar-refractivity contribution is 7.89. The Morgan fingerprint density at radius 1 is 1.10 bits per heavy atom. The Balaban J connectivity index is 1.70. The van der Waals surface area contributed by atoms with Crippen LogP contribution < -0.4 is 4.72 Å². The molecule has 0 bridgehead atoms. The average molecular weight is 306 g/mol. The van der Waals surface area contributed by atoms with E-state index in [0.717, 1.165) is 25.7 Å². The number of hydrogen-bond acceptors (Lipinski definition) is 4. The number of benzene rings is 1. The first kappa shape index (κ1) is 14.2. The van der Waals surface area contributed by atoms with Crippen LogP contribution in [0.4, 0.5) is 0 Å². The molecule has 3 rings (SSSR count). The summed E-state index contributed by atoms with van der Waals surface area (Å²) in [7, 11) is -3.44. The van der Waals surface area contributed by atoms with Crippen LogP contribution in [-0.2, 0) is 10.0 Å². The Labute approximate surface area is 124 Å². The maximum atomic E-state index is 12.4. The first-order chi connectivity index (χ1) is 10.1. The summed E-state index contributed by atoms with van der Waals surface area (Å²) in [4.78, 5) is 0.316. The van der Waals surface area contributed by atoms with Crippen molar-refractivity contribution in [3.63, 3.8) is 0 Å². The maximum absolute atomic E-state index is 12.4. The van der Waals surface area contributed by atoms with Gasteiger partial charge in [-0.25, -0.2) is 13.1 Å². The minimum Gasteiger partial charge on any atom is -0.317 e. The monoisotopic (exact) mass is 306 g/mol. The van der Waals surface area contributed by atoms with Crippen molar-refractivity contribution in [2.24, 2.45) is 0 Å². The van der Waals surface area contributed by atoms with Gasteiger partial charge in [-0.3, -0.25) is 0 Å². The molecule has 0 saturated heterocycles. The van der Waals surface area contributed by atoms with Crippen LogP contribution in [0.2, 0.25) is 0 Å². The molecule has 0 spiro atoms. The van der Waals surface area contributed by atoms with E-state index in [1.54, 1.807) is 36.9 Å². The van der Waals surface area contributed by atoms with Crippen molar-refractivity contribution < 1.29 is 8.42 Å². The minimum absolute atomic E-state index is 0.0450. The third-order valence-corrected chi connectivity index (χ3v) is 5.42. The fraction of sp³-hybridized carbons (Fsp3) is 0.429. The summed E-state index contributed by atoms with van der Waals surface area (Å²) in [5.41, 5.74) is 0. The van der Waals surface area contributed by atoms with Gasteiger partial charge in [0.25, 0.3) is 0 Å². The van der Waals surface area contributed by atoms with Gasteiger partial charge in [-0.05, 0) is 37.8 Å². The lowest BCUT2D eigenvalue weighted by Gasteiger charge is -2.30. The Kier molecular flexibility index (Phi) is 4.03. The van der Waals surface area contributed by atoms with Gasteiger partial charge in [0.15, 0.2) is 0 Å². The molecular weight excluding hydrogens is 288 g/mol. The second-order valence-corrected chi connectivity index (χ2v) is 7.07. The second-order valence-electron chi connectivity index (χ2n) is 5.36. The molecule has 2 atom stereocenters. The molecule has 0 amide bonds. The van der Waals surface area contributed by atoms with Crippen molar-refractivity contribution in [3.8, 4) is 0 Å². The number of rotatable bonds is 4. The van der Waals surface area contributed by atoms with E-state index in [-0.39, 0.29) is 12.1 Å². The van der Waals surface area contributed by atoms with E-state index in [9.17, 15) is 8.42 Å². The first-order valence-corrected chi connectivity index (χ1v) is 8.55. The molecule has 0 aliphatic heterocycles. The van der Waals surface area contributed by atoms with E-state index in [1.807, 2.05) is 10.6 Å². The highest BCUT2D eigenvalue weighted by Crippen LogP contribution is 2.28. The molecule has 1 heterocycles. The van der Waals surface area contributed by atoms with Crippen LogP contribution in [0.5, 0.6) is 0 Å². The van der Waals surface area contributed by atoms with Gasteiger partial charge < -0.3 is 4.57 Å². The number of hydrogen-bond donors (Lipinski definition) is 1. The van der Waals surface area contributed by atoms with Gasteiger partial charge in [-0.15, -0.1) is 10.2 Å². The molecule has 7 heteroatoms. The zero-order chi connectivity index (χ0) is 14.7. The topological polar surface area (TPSA) is 76.9 Å². The smallest absolute Gasteiger partial charge is 0.240 e. The zero-order valence-corrected chi connectivity index (χ0v) is 12.4. The van der Waals surface area contributed by atoms with Crippen molar-refractivity contribution in [1.82, 2.24) is 19.5 Å². The average Bonchev–Trinajstić information content (AvgIpc) is 3.02. The predicted octanol–water partition coefficient (Wildman–Crippen LogP) is 1.74. The Bertz CT molecular complexity index is 670. The summed E-state index contributed by atoms with van der Waals surface area (Å²) in [5.74, 6) is 0. The van der Waals surface area contributed by atoms with Crippen LogP contribution in [0.3, 0.4) is 0 Å². The lowest BCUT2D eigenvalue weighted by Crippen LogP contribution is -2.38. The third kappa shape index (κ3) is 3.30. The van der Waals surface area contributed by atoms with Crippen LogP contribution >= 0.6 is 0 Å². The van der Waals surface area contributed by atoms with Crippen LogP contribution in [-0.4, -0.2) is 29.2 Å². The predicted molar refractivity (Wildman–Crippen MR) is 78.1 cm³/mol. The lowest BCUT2D eigenvalue weighted by atomic mass is 9.91. The van der Waals surface area contributed by atoms with E-state index in [0.29, 0.717) is 4.90 Å². The molecule has 1 aromatic heterocycles. The molecule has 1 N–H and O–H groups in total. The summed E-state index contributed by atoms with van der Waals surface area (Å²) in [5, 5.41) is 7.64. The normalized spacial score (nSPS) is 23.0. The molecular formula is C14H18N4O2S. The molecule has 6 nitrogen and oxygen atoms in total. The summed E-state index contributed by atoms with van der Waals surface area (Å²) >= 11 is 0. The van der Waals surface area contributed by atoms with E-state index >= 15 is 0 Å². The van der Waals surface area contributed by atoms with Gasteiger partial charge in [-0.2, -0.15) is 0 Å². The number of sulfonamides is 1. The zero-order valence-electron chi connectivity index (χ0n) is 11.6. The molecule has 2 unspecified atom stereocenters. The first-order valence-electron chi connectivity index (χ1n) is 7.06. The van der Waals surface area contributed by atoms with Crippen LogP contribution in [0, 0.1) is 0 Å². The summed E-state index contributed by atoms with van der Waals surface area (Å²) in [6, 6.07) is 8.71. The van der Waals surface area contributed by atoms with E-state index in [2.05, 4.69) is 14.9 Å². The summed E-state index contributed by atoms with van der Waals surface area (Å²) in [6.07, 6.45) is 7.04. The number of aromatic nitrogens is 3. The van der Waals surface area contributed by atoms with Gasteiger partial charge in [-0.1, -0.05) is 18.2 Å². The van der Waals surface area contributed by atoms with E-state index < -0.39 is 10.0 Å². The molecule has 1 aliphatic carbocycles. The molecule has 1 fully saturated rings. The molecule has 1 aliphatic rings. The van der Waals surface area contributed by atoms with Gasteiger partial charge >= 0.3 is 0 Å². The van der Waals surface area contributed by atoms with Crippen LogP contribution in [0.15, 0.2) is 47.9 Å². The highest BCUT2D eigenvalue weighted by Gasteiger charge is 2.27. The van der Waals surface area contributed by atoms with E-state index in [4.69, 9.17) is 0 Å². The largest absolute Gasteiger partial charge is 0.317 e. The van der Waals surface area contributed by atoms with Crippen LogP contribution in [0.25, 0.3) is 0 Å². The number of nitrogens with one attached hydrogen (secondary N) is 1. The number of nitrogens with zero attached hydrogens (tertiary/aromatic N) is 3. The second kappa shape index (κ2) is 5.95. The molecule has 0 radical (unpaired) electrons. The molecule has 21 heavy (non-hydrogen) atoms. The Morgan fingerprint density at radius 3 is 2.52 bits per heavy atom. The lowest BCUT2D eigenvalue weighted by molar-refractivity contribution is 0.305. The fourth-order valence-electron chi connectivity index (χ4n) is 2.83. The molecule has 1 saturated carbocycles. The Morgan fingerprint density at radius 2 is 1.81 bits per heavy atom. The van der Waals surface area contributed by atoms with Crippen molar-refractivity contribution in [2.75, 3.05) is 0 Å². The Hall–Kier alpha value is -1.73. The standard InChI is InChI=1S/C14H18N4O2S/c19-21(20,14-7-2-1-3-8-14)17-12-5-4-6-13(9-12)18-10-15-16-11-18/h1-3,7-8,10-13,17H,4-6,9H2.